The molecule has 0 N–H and O–H groups in total. The van der Waals surface area contributed by atoms with Gasteiger partial charge >= 0.3 is 22.7 Å². The van der Waals surface area contributed by atoms with Crippen molar-refractivity contribution in [1.29, 1.82) is 0 Å². The number of non-ortho nitro benzene ring substituents is 1. The first-order valence-corrected chi connectivity index (χ1v) is 48.5. The van der Waals surface area contributed by atoms with Gasteiger partial charge in [0.2, 0.25) is 0 Å². The summed E-state index contributed by atoms with van der Waals surface area (Å²) in [5.41, 5.74) is -4.18. The Morgan fingerprint density at radius 1 is 0.298 bits per heavy atom. The summed E-state index contributed by atoms with van der Waals surface area (Å²) >= 11 is 15.5. The van der Waals surface area contributed by atoms with E-state index in [-0.39, 0.29) is 184 Å². The minimum absolute atomic E-state index is 0. The van der Waals surface area contributed by atoms with E-state index in [0.29, 0.717) is 41.3 Å². The maximum atomic E-state index is 11.5. The topological polar surface area (TPSA) is 708 Å². The van der Waals surface area contributed by atoms with Crippen molar-refractivity contribution in [3.63, 3.8) is 0 Å². The molecule has 53 nitrogen and oxygen atoms in total. The molecule has 0 bridgehead atoms. The molecule has 0 aliphatic rings. The minimum Gasteiger partial charge on any atom is -0.414 e. The molecule has 124 heavy (non-hydrogen) atoms. The van der Waals surface area contributed by atoms with Crippen LogP contribution in [0.3, 0.4) is 0 Å². The Balaban J connectivity index is 0.00000153. The van der Waals surface area contributed by atoms with Crippen LogP contribution in [0.5, 0.6) is 0 Å². The van der Waals surface area contributed by atoms with Gasteiger partial charge in [0, 0.05) is 160 Å². The molecule has 0 atom stereocenters. The zero-order valence-corrected chi connectivity index (χ0v) is 79.9. The number of nitro benzene ring substituents is 10. The fraction of sp³-hybridized carbons (Fsp3) is 0.500. The largest absolute Gasteiger partial charge is 0.414 e. The number of benzene rings is 5. The third-order valence-corrected chi connectivity index (χ3v) is 20.2. The van der Waals surface area contributed by atoms with Crippen LogP contribution in [0.4, 0.5) is 85.3 Å². The molecule has 64 heteroatoms. The summed E-state index contributed by atoms with van der Waals surface area (Å²) in [6.45, 7) is 4.16. The van der Waals surface area contributed by atoms with E-state index in [1.54, 1.807) is 0 Å². The van der Waals surface area contributed by atoms with E-state index in [4.69, 9.17) is 11.6 Å². The van der Waals surface area contributed by atoms with Crippen LogP contribution in [0, 0.1) is 135 Å². The van der Waals surface area contributed by atoms with Crippen LogP contribution in [0.2, 0.25) is 0 Å². The van der Waals surface area contributed by atoms with Crippen LogP contribution in [0.15, 0.2) is 60.7 Å². The summed E-state index contributed by atoms with van der Waals surface area (Å²) in [6, 6.07) is 13.9. The van der Waals surface area contributed by atoms with Crippen LogP contribution >= 0.6 is 59.4 Å². The van der Waals surface area contributed by atoms with E-state index >= 15 is 0 Å². The Morgan fingerprint density at radius 3 is 0.669 bits per heavy atom. The van der Waals surface area contributed by atoms with Gasteiger partial charge in [0.25, 0.3) is 83.5 Å². The Morgan fingerprint density at radius 2 is 0.492 bits per heavy atom. The average Bonchev–Trinajstić information content (AvgIpc) is 0.814. The summed E-state index contributed by atoms with van der Waals surface area (Å²) in [5.74, 6) is 0.117. The molecule has 5 aromatic carbocycles. The van der Waals surface area contributed by atoms with Crippen molar-refractivity contribution >= 4 is 205 Å². The van der Waals surface area contributed by atoms with Gasteiger partial charge in [-0.1, -0.05) is 53.9 Å². The number of nitro groups is 10. The molecular weight excluding hydrogens is 2100 g/mol. The summed E-state index contributed by atoms with van der Waals surface area (Å²) in [6.07, 6.45) is 5.06. The number of hydrogen-bond acceptors (Lipinski definition) is 43. The van der Waals surface area contributed by atoms with E-state index in [9.17, 15) is 152 Å². The van der Waals surface area contributed by atoms with Gasteiger partial charge in [-0.15, -0.1) is 17.7 Å². The van der Waals surface area contributed by atoms with Crippen molar-refractivity contribution in [3.8, 4) is 0 Å². The Hall–Kier alpha value is -8.61. The van der Waals surface area contributed by atoms with Crippen LogP contribution < -0.4 is 24.5 Å². The molecule has 0 spiro atoms. The summed E-state index contributed by atoms with van der Waals surface area (Å²) in [5, 5.41) is 113. The molecule has 691 valence electrons. The van der Waals surface area contributed by atoms with E-state index in [2.05, 4.69) is 72.9 Å². The van der Waals surface area contributed by atoms with Gasteiger partial charge < -0.3 is 24.5 Å². The van der Waals surface area contributed by atoms with Crippen molar-refractivity contribution in [2.24, 2.45) is 0 Å². The second kappa shape index (κ2) is 53.1. The normalized spacial score (nSPS) is 11.3. The molecule has 0 saturated heterocycles. The first-order valence-electron chi connectivity index (χ1n) is 33.7. The SMILES string of the molecule is CS(=O)(=O)OCCN(CCOS(C)(=O)=O)c1ccc([N+](=O)[O-])[c-]c1[N+](=O)[O-].Cc1c([N+](=O)[O-])ccc(N(CCBr)CCBr)c1[N+](=O)[O-].Cc1c([N+](=O)[O-])ccc(N(CCBr)CCOS(C)(=O)=O)c1[N+](=O)[O-].Cc1c([N+](=O)[O-])ccc(N(CCCl)CCOS(C)(=O)=O)c1[N+](=O)[O-].Cc1c([N+](=O)[O-])ccc(N(CCOS(C)(=O)=O)CCOS(C)(=O)=O)c1[N+](=O)[O-].[Y]. The molecule has 0 heterocycles. The molecule has 1 radical (unpaired) electrons. The molecular formula is C60H80Br3ClN15O38S6Y-. The second-order valence-electron chi connectivity index (χ2n) is 24.3. The fourth-order valence-corrected chi connectivity index (χ4v) is 14.1. The van der Waals surface area contributed by atoms with Gasteiger partial charge in [0.05, 0.1) is 117 Å². The molecule has 0 fully saturated rings. The zero-order valence-electron chi connectivity index (χ0n) is 66.7. The van der Waals surface area contributed by atoms with Gasteiger partial charge in [-0.3, -0.25) is 126 Å². The van der Waals surface area contributed by atoms with Gasteiger partial charge in [-0.05, 0) is 58.0 Å². The molecule has 0 aliphatic heterocycles. The van der Waals surface area contributed by atoms with Gasteiger partial charge in [-0.25, -0.2) is 0 Å². The Labute approximate surface area is 763 Å². The van der Waals surface area contributed by atoms with Crippen molar-refractivity contribution in [2.75, 3.05) is 189 Å². The van der Waals surface area contributed by atoms with E-state index in [0.717, 1.165) is 67.9 Å². The quantitative estimate of drug-likeness (QED) is 0.0117. The standard InChI is InChI=1S/C13H19N3O10S2.C12H16BrN3O7S.C12H16ClN3O7S.C12H16N3O10S2.C11H13Br2N3O4.Y/c1-10-11(15(17)18)4-5-12(13(10)16(19)20)14(6-8-25-27(2,21)22)7-9-26-28(3,23)24;2*1-9-10(15(17)18)3-4-11(12(9)16(19)20)14(6-5-13)7-8-23-24(2,21)22;1-26(20,21)24-7-5-13(6-8-25-27(2,22)23)11-4-3-10(14(16)17)9-12(11)15(18)19;1-8-9(15(17)18)2-3-10(11(8)16(19)20)14(6-4-12)7-5-13;/h4-5H,6-9H2,1-3H3;2*3-4H,5-8H2,1-2H3;3-4H,5-8H2,1-2H3;2-3H,4-7H2,1H3;/q;;;-1;;. The number of nitrogens with zero attached hydrogens (tertiary/aromatic N) is 15. The van der Waals surface area contributed by atoms with Gasteiger partial charge in [0.15, 0.2) is 11.4 Å². The zero-order chi connectivity index (χ0) is 94.8. The van der Waals surface area contributed by atoms with Crippen molar-refractivity contribution in [3.05, 3.63) is 190 Å². The van der Waals surface area contributed by atoms with Crippen LogP contribution in [0.25, 0.3) is 0 Å². The van der Waals surface area contributed by atoms with Crippen LogP contribution in [0.1, 0.15) is 22.3 Å². The number of hydrogen-bond donors (Lipinski definition) is 0. The van der Waals surface area contributed by atoms with Crippen molar-refractivity contribution < 1.29 is 158 Å². The summed E-state index contributed by atoms with van der Waals surface area (Å²) in [4.78, 5) is 111. The minimum atomic E-state index is -3.78. The monoisotopic (exact) mass is 2170 g/mol. The molecule has 0 aliphatic carbocycles. The summed E-state index contributed by atoms with van der Waals surface area (Å²) < 4.78 is 160. The first kappa shape index (κ1) is 115. The summed E-state index contributed by atoms with van der Waals surface area (Å²) in [7, 11) is -22.4. The second-order valence-corrected chi connectivity index (χ2v) is 36.9. The van der Waals surface area contributed by atoms with E-state index < -0.39 is 152 Å². The number of halogens is 4. The van der Waals surface area contributed by atoms with E-state index in [1.165, 1.54) is 77.6 Å². The number of rotatable bonds is 47. The Bertz CT molecular complexity index is 5190. The smallest absolute Gasteiger partial charge is 0.302 e. The first-order chi connectivity index (χ1) is 56.6. The molecule has 5 rings (SSSR count). The van der Waals surface area contributed by atoms with Crippen LogP contribution in [-0.4, -0.2) is 264 Å². The average molecular weight is 2180 g/mol. The molecule has 0 aromatic heterocycles. The predicted octanol–water partition coefficient (Wildman–Crippen LogP) is 7.86. The molecule has 0 unspecified atom stereocenters. The third-order valence-electron chi connectivity index (χ3n) is 15.4. The fourth-order valence-electron chi connectivity index (χ4n) is 10.4. The Kier molecular flexibility index (Phi) is 49.4. The molecule has 0 saturated carbocycles. The maximum absolute atomic E-state index is 11.5. The number of anilines is 5. The van der Waals surface area contributed by atoms with E-state index in [1.807, 2.05) is 11.0 Å². The van der Waals surface area contributed by atoms with Crippen molar-refractivity contribution in [2.45, 2.75) is 27.7 Å². The van der Waals surface area contributed by atoms with Crippen molar-refractivity contribution in [1.82, 2.24) is 0 Å². The maximum Gasteiger partial charge on any atom is 0.302 e. The molecule has 5 aromatic rings. The van der Waals surface area contributed by atoms with Gasteiger partial charge in [0.1, 0.15) is 45.0 Å². The third kappa shape index (κ3) is 41.2. The van der Waals surface area contributed by atoms with Gasteiger partial charge in [-0.2, -0.15) is 50.5 Å². The predicted molar refractivity (Wildman–Crippen MR) is 454 cm³/mol. The number of alkyl halides is 4. The van der Waals surface area contributed by atoms with Crippen LogP contribution in [-0.2, 0) is 119 Å². The molecule has 0 amide bonds.